The maximum Gasteiger partial charge on any atom is 0.338 e. The van der Waals surface area contributed by atoms with Crippen LogP contribution in [0.5, 0.6) is 5.75 Å². The third kappa shape index (κ3) is 13.8. The van der Waals surface area contributed by atoms with Crippen LogP contribution in [0.15, 0.2) is 48.5 Å². The topological polar surface area (TPSA) is 52.6 Å². The summed E-state index contributed by atoms with van der Waals surface area (Å²) in [6, 6.07) is 14.9. The summed E-state index contributed by atoms with van der Waals surface area (Å²) in [6.45, 7) is 6.92. The van der Waals surface area contributed by atoms with Gasteiger partial charge in [-0.15, -0.1) is 0 Å². The first kappa shape index (κ1) is 31.6. The van der Waals surface area contributed by atoms with Crippen LogP contribution in [-0.2, 0) is 9.53 Å². The van der Waals surface area contributed by atoms with Gasteiger partial charge < -0.3 is 9.47 Å². The van der Waals surface area contributed by atoms with Gasteiger partial charge in [0.15, 0.2) is 0 Å². The minimum absolute atomic E-state index is 0.166. The number of hydrogen-bond acceptors (Lipinski definition) is 4. The monoisotopic (exact) mass is 522 g/mol. The van der Waals surface area contributed by atoms with E-state index in [1.165, 1.54) is 70.6 Å². The Balaban J connectivity index is 1.58. The highest BCUT2D eigenvalue weighted by atomic mass is 16.5. The summed E-state index contributed by atoms with van der Waals surface area (Å²) in [7, 11) is 0. The third-order valence-electron chi connectivity index (χ3n) is 6.95. The second kappa shape index (κ2) is 19.4. The molecule has 0 fully saturated rings. The fourth-order valence-corrected chi connectivity index (χ4v) is 4.45. The van der Waals surface area contributed by atoms with Crippen molar-refractivity contribution < 1.29 is 19.1 Å². The lowest BCUT2D eigenvalue weighted by molar-refractivity contribution is -0.134. The van der Waals surface area contributed by atoms with E-state index in [1.807, 2.05) is 36.4 Å². The Kier molecular flexibility index (Phi) is 16.2. The number of carbonyl (C=O) groups excluding carboxylic acids is 2. The van der Waals surface area contributed by atoms with Gasteiger partial charge in [-0.25, -0.2) is 4.79 Å². The van der Waals surface area contributed by atoms with E-state index >= 15 is 0 Å². The largest absolute Gasteiger partial charge is 0.462 e. The molecule has 210 valence electrons. The van der Waals surface area contributed by atoms with E-state index in [-0.39, 0.29) is 11.9 Å². The summed E-state index contributed by atoms with van der Waals surface area (Å²) in [6.07, 6.45) is 18.1. The molecule has 0 aliphatic rings. The minimum atomic E-state index is -0.289. The Labute approximate surface area is 231 Å². The van der Waals surface area contributed by atoms with Crippen LogP contribution in [0.1, 0.15) is 127 Å². The molecule has 0 amide bonds. The Morgan fingerprint density at radius 1 is 0.658 bits per heavy atom. The molecule has 2 aromatic rings. The van der Waals surface area contributed by atoms with Crippen molar-refractivity contribution >= 4 is 11.9 Å². The second-order valence-corrected chi connectivity index (χ2v) is 10.9. The molecule has 38 heavy (non-hydrogen) atoms. The van der Waals surface area contributed by atoms with Crippen molar-refractivity contribution in [1.82, 2.24) is 0 Å². The first-order valence-electron chi connectivity index (χ1n) is 15.1. The fourth-order valence-electron chi connectivity index (χ4n) is 4.45. The van der Waals surface area contributed by atoms with E-state index in [0.29, 0.717) is 30.3 Å². The van der Waals surface area contributed by atoms with Gasteiger partial charge in [0, 0.05) is 6.42 Å². The van der Waals surface area contributed by atoms with Gasteiger partial charge in [0.25, 0.3) is 0 Å². The van der Waals surface area contributed by atoms with Crippen LogP contribution in [0.25, 0.3) is 11.1 Å². The second-order valence-electron chi connectivity index (χ2n) is 10.9. The molecule has 0 radical (unpaired) electrons. The van der Waals surface area contributed by atoms with Gasteiger partial charge in [0.05, 0.1) is 12.2 Å². The standard InChI is InChI=1S/C34H50O4/c1-4-5-6-7-8-9-10-11-12-13-14-15-16-17-33(35)38-32-24-22-30(23-25-32)29-18-20-31(21-19-29)34(36)37-27-26-28(2)3/h18-25,28H,4-17,26-27H2,1-3H3. The first-order chi connectivity index (χ1) is 18.5. The molecule has 0 atom stereocenters. The quantitative estimate of drug-likeness (QED) is 0.0986. The molecular formula is C34H50O4. The molecule has 2 rings (SSSR count). The van der Waals surface area contributed by atoms with Crippen LogP contribution < -0.4 is 4.74 Å². The van der Waals surface area contributed by atoms with Crippen molar-refractivity contribution in [2.45, 2.75) is 117 Å². The normalized spacial score (nSPS) is 11.1. The van der Waals surface area contributed by atoms with Crippen molar-refractivity contribution in [3.63, 3.8) is 0 Å². The fraction of sp³-hybridized carbons (Fsp3) is 0.588. The van der Waals surface area contributed by atoms with Crippen LogP contribution >= 0.6 is 0 Å². The number of carbonyl (C=O) groups is 2. The van der Waals surface area contributed by atoms with Crippen LogP contribution in [0, 0.1) is 5.92 Å². The van der Waals surface area contributed by atoms with Gasteiger partial charge in [0.1, 0.15) is 5.75 Å². The molecule has 0 aliphatic heterocycles. The van der Waals surface area contributed by atoms with Crippen molar-refractivity contribution in [2.75, 3.05) is 6.61 Å². The zero-order chi connectivity index (χ0) is 27.4. The van der Waals surface area contributed by atoms with Gasteiger partial charge >= 0.3 is 11.9 Å². The number of hydrogen-bond donors (Lipinski definition) is 0. The number of benzene rings is 2. The molecule has 0 unspecified atom stereocenters. The molecule has 0 spiro atoms. The lowest BCUT2D eigenvalue weighted by atomic mass is 10.0. The molecule has 0 bridgehead atoms. The maximum atomic E-state index is 12.2. The summed E-state index contributed by atoms with van der Waals surface area (Å²) in [5.41, 5.74) is 2.55. The zero-order valence-corrected chi connectivity index (χ0v) is 24.1. The summed E-state index contributed by atoms with van der Waals surface area (Å²) < 4.78 is 10.8. The number of esters is 2. The predicted molar refractivity (Wildman–Crippen MR) is 158 cm³/mol. The van der Waals surface area contributed by atoms with E-state index in [0.717, 1.165) is 30.4 Å². The highest BCUT2D eigenvalue weighted by Crippen LogP contribution is 2.24. The highest BCUT2D eigenvalue weighted by Gasteiger charge is 2.09. The average molecular weight is 523 g/mol. The molecule has 2 aromatic carbocycles. The van der Waals surface area contributed by atoms with Crippen molar-refractivity contribution in [3.05, 3.63) is 54.1 Å². The van der Waals surface area contributed by atoms with Crippen LogP contribution in [0.2, 0.25) is 0 Å². The van der Waals surface area contributed by atoms with E-state index in [4.69, 9.17) is 9.47 Å². The van der Waals surface area contributed by atoms with Crippen molar-refractivity contribution in [1.29, 1.82) is 0 Å². The van der Waals surface area contributed by atoms with Crippen LogP contribution in [0.3, 0.4) is 0 Å². The smallest absolute Gasteiger partial charge is 0.338 e. The SMILES string of the molecule is CCCCCCCCCCCCCCCC(=O)Oc1ccc(-c2ccc(C(=O)OCCC(C)C)cc2)cc1. The molecule has 0 aliphatic carbocycles. The van der Waals surface area contributed by atoms with Crippen LogP contribution in [0.4, 0.5) is 0 Å². The minimum Gasteiger partial charge on any atom is -0.462 e. The Morgan fingerprint density at radius 2 is 1.13 bits per heavy atom. The molecule has 0 heterocycles. The zero-order valence-electron chi connectivity index (χ0n) is 24.1. The van der Waals surface area contributed by atoms with E-state index in [9.17, 15) is 9.59 Å². The van der Waals surface area contributed by atoms with E-state index < -0.39 is 0 Å². The average Bonchev–Trinajstić information content (AvgIpc) is 2.91. The van der Waals surface area contributed by atoms with Crippen LogP contribution in [-0.4, -0.2) is 18.5 Å². The molecule has 0 N–H and O–H groups in total. The highest BCUT2D eigenvalue weighted by molar-refractivity contribution is 5.90. The molecule has 4 nitrogen and oxygen atoms in total. The molecule has 0 saturated heterocycles. The first-order valence-corrected chi connectivity index (χ1v) is 15.1. The molecular weight excluding hydrogens is 472 g/mol. The Bertz CT molecular complexity index is 899. The number of unbranched alkanes of at least 4 members (excludes halogenated alkanes) is 12. The predicted octanol–water partition coefficient (Wildman–Crippen LogP) is 9.94. The van der Waals surface area contributed by atoms with Gasteiger partial charge in [-0.3, -0.25) is 4.79 Å². The summed E-state index contributed by atoms with van der Waals surface area (Å²) in [5.74, 6) is 0.620. The number of ether oxygens (including phenoxy) is 2. The maximum absolute atomic E-state index is 12.2. The van der Waals surface area contributed by atoms with E-state index in [1.54, 1.807) is 12.1 Å². The van der Waals surface area contributed by atoms with E-state index in [2.05, 4.69) is 20.8 Å². The lowest BCUT2D eigenvalue weighted by Gasteiger charge is -2.08. The Hall–Kier alpha value is -2.62. The Morgan fingerprint density at radius 3 is 1.63 bits per heavy atom. The van der Waals surface area contributed by atoms with Crippen molar-refractivity contribution in [3.8, 4) is 16.9 Å². The molecule has 0 saturated carbocycles. The van der Waals surface area contributed by atoms with Gasteiger partial charge in [-0.05, 0) is 54.2 Å². The summed E-state index contributed by atoms with van der Waals surface area (Å²) in [4.78, 5) is 24.4. The van der Waals surface area contributed by atoms with Gasteiger partial charge in [0.2, 0.25) is 0 Å². The van der Waals surface area contributed by atoms with Gasteiger partial charge in [-0.2, -0.15) is 0 Å². The van der Waals surface area contributed by atoms with Gasteiger partial charge in [-0.1, -0.05) is 122 Å². The lowest BCUT2D eigenvalue weighted by Crippen LogP contribution is -2.08. The summed E-state index contributed by atoms with van der Waals surface area (Å²) in [5, 5.41) is 0. The third-order valence-corrected chi connectivity index (χ3v) is 6.95. The van der Waals surface area contributed by atoms with Crippen molar-refractivity contribution in [2.24, 2.45) is 5.92 Å². The summed E-state index contributed by atoms with van der Waals surface area (Å²) >= 11 is 0. The molecule has 4 heteroatoms. The molecule has 0 aromatic heterocycles. The number of rotatable bonds is 20.